The van der Waals surface area contributed by atoms with E-state index in [9.17, 15) is 9.90 Å². The number of benzene rings is 1. The van der Waals surface area contributed by atoms with E-state index >= 15 is 0 Å². The molecule has 1 saturated carbocycles. The Morgan fingerprint density at radius 2 is 1.90 bits per heavy atom. The van der Waals surface area contributed by atoms with Gasteiger partial charge in [0.25, 0.3) is 0 Å². The first-order chi connectivity index (χ1) is 9.38. The van der Waals surface area contributed by atoms with Gasteiger partial charge < -0.3 is 10.4 Å². The van der Waals surface area contributed by atoms with E-state index in [0.717, 1.165) is 24.8 Å². The van der Waals surface area contributed by atoms with Gasteiger partial charge in [-0.05, 0) is 29.4 Å². The van der Waals surface area contributed by atoms with E-state index in [1.54, 1.807) is 0 Å². The van der Waals surface area contributed by atoms with Crippen LogP contribution < -0.4 is 5.32 Å². The third-order valence-electron chi connectivity index (χ3n) is 4.11. The lowest BCUT2D eigenvalue weighted by Crippen LogP contribution is -2.36. The standard InChI is InChI=1S/C17H25NO2/c1-17(2,3)14-9-7-12(8-10-14)15(19)11-18-16(20)13-5-4-6-13/h7-10,13,15,19H,4-6,11H2,1-3H3,(H,18,20). The second-order valence-electron chi connectivity index (χ2n) is 6.76. The zero-order valence-corrected chi connectivity index (χ0v) is 12.6. The van der Waals surface area contributed by atoms with Crippen molar-refractivity contribution in [3.8, 4) is 0 Å². The maximum absolute atomic E-state index is 11.7. The van der Waals surface area contributed by atoms with Gasteiger partial charge in [0.05, 0.1) is 6.10 Å². The van der Waals surface area contributed by atoms with Crippen molar-refractivity contribution in [3.05, 3.63) is 35.4 Å². The fourth-order valence-electron chi connectivity index (χ4n) is 2.34. The number of aliphatic hydroxyl groups excluding tert-OH is 1. The second-order valence-corrected chi connectivity index (χ2v) is 6.76. The molecule has 1 aromatic rings. The summed E-state index contributed by atoms with van der Waals surface area (Å²) in [5.41, 5.74) is 2.21. The molecule has 0 heterocycles. The van der Waals surface area contributed by atoms with Crippen molar-refractivity contribution in [2.75, 3.05) is 6.54 Å². The Hall–Kier alpha value is -1.35. The van der Waals surface area contributed by atoms with E-state index in [1.807, 2.05) is 24.3 Å². The molecule has 1 aromatic carbocycles. The summed E-state index contributed by atoms with van der Waals surface area (Å²) in [4.78, 5) is 11.7. The van der Waals surface area contributed by atoms with E-state index < -0.39 is 6.10 Å². The Bertz CT molecular complexity index is 455. The highest BCUT2D eigenvalue weighted by atomic mass is 16.3. The lowest BCUT2D eigenvalue weighted by atomic mass is 9.84. The molecule has 3 nitrogen and oxygen atoms in total. The molecule has 110 valence electrons. The highest BCUT2D eigenvalue weighted by molar-refractivity contribution is 5.79. The largest absolute Gasteiger partial charge is 0.387 e. The quantitative estimate of drug-likeness (QED) is 0.887. The van der Waals surface area contributed by atoms with Gasteiger partial charge in [-0.15, -0.1) is 0 Å². The van der Waals surface area contributed by atoms with Crippen molar-refractivity contribution in [2.24, 2.45) is 5.92 Å². The molecule has 1 aliphatic rings. The van der Waals surface area contributed by atoms with Gasteiger partial charge in [-0.25, -0.2) is 0 Å². The smallest absolute Gasteiger partial charge is 0.223 e. The van der Waals surface area contributed by atoms with Gasteiger partial charge in [0, 0.05) is 12.5 Å². The van der Waals surface area contributed by atoms with Crippen LogP contribution in [0.15, 0.2) is 24.3 Å². The van der Waals surface area contributed by atoms with Crippen molar-refractivity contribution >= 4 is 5.91 Å². The van der Waals surface area contributed by atoms with Crippen LogP contribution in [0.4, 0.5) is 0 Å². The molecular formula is C17H25NO2. The normalized spacial score (nSPS) is 17.4. The van der Waals surface area contributed by atoms with Crippen molar-refractivity contribution in [1.29, 1.82) is 0 Å². The average Bonchev–Trinajstić information content (AvgIpc) is 2.33. The molecular weight excluding hydrogens is 250 g/mol. The summed E-state index contributed by atoms with van der Waals surface area (Å²) in [5, 5.41) is 13.0. The zero-order chi connectivity index (χ0) is 14.8. The average molecular weight is 275 g/mol. The molecule has 0 aromatic heterocycles. The van der Waals surface area contributed by atoms with Crippen molar-refractivity contribution in [3.63, 3.8) is 0 Å². The third-order valence-corrected chi connectivity index (χ3v) is 4.11. The lowest BCUT2D eigenvalue weighted by Gasteiger charge is -2.25. The van der Waals surface area contributed by atoms with Crippen LogP contribution in [0.5, 0.6) is 0 Å². The monoisotopic (exact) mass is 275 g/mol. The van der Waals surface area contributed by atoms with Crippen LogP contribution in [0.1, 0.15) is 57.3 Å². The predicted octanol–water partition coefficient (Wildman–Crippen LogP) is 2.93. The SMILES string of the molecule is CC(C)(C)c1ccc(C(O)CNC(=O)C2CCC2)cc1. The number of carbonyl (C=O) groups excluding carboxylic acids is 1. The molecule has 0 spiro atoms. The Labute approximate surface area is 121 Å². The Balaban J connectivity index is 1.88. The lowest BCUT2D eigenvalue weighted by molar-refractivity contribution is -0.127. The summed E-state index contributed by atoms with van der Waals surface area (Å²) in [6, 6.07) is 7.99. The third kappa shape index (κ3) is 3.60. The molecule has 1 atom stereocenters. The Kier molecular flexibility index (Phi) is 4.48. The maximum Gasteiger partial charge on any atom is 0.223 e. The first-order valence-corrected chi connectivity index (χ1v) is 7.44. The van der Waals surface area contributed by atoms with Gasteiger partial charge in [0.1, 0.15) is 0 Å². The van der Waals surface area contributed by atoms with E-state index in [0.29, 0.717) is 6.54 Å². The molecule has 2 rings (SSSR count). The van der Waals surface area contributed by atoms with Crippen LogP contribution in [-0.4, -0.2) is 17.6 Å². The predicted molar refractivity (Wildman–Crippen MR) is 80.5 cm³/mol. The number of rotatable bonds is 4. The fourth-order valence-corrected chi connectivity index (χ4v) is 2.34. The van der Waals surface area contributed by atoms with Crippen LogP contribution in [0.25, 0.3) is 0 Å². The Morgan fingerprint density at radius 1 is 1.30 bits per heavy atom. The fraction of sp³-hybridized carbons (Fsp3) is 0.588. The minimum atomic E-state index is -0.631. The molecule has 1 amide bonds. The van der Waals surface area contributed by atoms with Gasteiger partial charge >= 0.3 is 0 Å². The van der Waals surface area contributed by atoms with Crippen LogP contribution in [-0.2, 0) is 10.2 Å². The second kappa shape index (κ2) is 5.96. The summed E-state index contributed by atoms with van der Waals surface area (Å²) in [5.74, 6) is 0.257. The molecule has 2 N–H and O–H groups in total. The van der Waals surface area contributed by atoms with Crippen LogP contribution in [0, 0.1) is 5.92 Å². The van der Waals surface area contributed by atoms with E-state index in [2.05, 4.69) is 26.1 Å². The minimum Gasteiger partial charge on any atom is -0.387 e. The summed E-state index contributed by atoms with van der Waals surface area (Å²) < 4.78 is 0. The first kappa shape index (κ1) is 15.0. The first-order valence-electron chi connectivity index (χ1n) is 7.44. The molecule has 1 fully saturated rings. The van der Waals surface area contributed by atoms with Gasteiger partial charge in [0.15, 0.2) is 0 Å². The van der Waals surface area contributed by atoms with Crippen molar-refractivity contribution in [1.82, 2.24) is 5.32 Å². The van der Waals surface area contributed by atoms with Crippen molar-refractivity contribution < 1.29 is 9.90 Å². The molecule has 1 aliphatic carbocycles. The number of carbonyl (C=O) groups is 1. The molecule has 1 unspecified atom stereocenters. The van der Waals surface area contributed by atoms with Crippen molar-refractivity contribution in [2.45, 2.75) is 51.6 Å². The van der Waals surface area contributed by atoms with E-state index in [-0.39, 0.29) is 17.2 Å². The number of nitrogens with one attached hydrogen (secondary N) is 1. The minimum absolute atomic E-state index is 0.0848. The summed E-state index contributed by atoms with van der Waals surface area (Å²) in [7, 11) is 0. The van der Waals surface area contributed by atoms with Gasteiger partial charge in [-0.3, -0.25) is 4.79 Å². The summed E-state index contributed by atoms with van der Waals surface area (Å²) >= 11 is 0. The molecule has 0 aliphatic heterocycles. The molecule has 20 heavy (non-hydrogen) atoms. The molecule has 0 radical (unpaired) electrons. The highest BCUT2D eigenvalue weighted by Crippen LogP contribution is 2.26. The van der Waals surface area contributed by atoms with E-state index in [1.165, 1.54) is 5.56 Å². The Morgan fingerprint density at radius 3 is 2.35 bits per heavy atom. The maximum atomic E-state index is 11.7. The molecule has 3 heteroatoms. The number of hydrogen-bond donors (Lipinski definition) is 2. The topological polar surface area (TPSA) is 49.3 Å². The molecule has 0 bridgehead atoms. The van der Waals surface area contributed by atoms with E-state index in [4.69, 9.17) is 0 Å². The van der Waals surface area contributed by atoms with Crippen LogP contribution in [0.2, 0.25) is 0 Å². The highest BCUT2D eigenvalue weighted by Gasteiger charge is 2.25. The number of amides is 1. The molecule has 0 saturated heterocycles. The number of hydrogen-bond acceptors (Lipinski definition) is 2. The zero-order valence-electron chi connectivity index (χ0n) is 12.6. The van der Waals surface area contributed by atoms with Crippen LogP contribution in [0.3, 0.4) is 0 Å². The number of aliphatic hydroxyl groups is 1. The van der Waals surface area contributed by atoms with Gasteiger partial charge in [0.2, 0.25) is 5.91 Å². The van der Waals surface area contributed by atoms with Gasteiger partial charge in [-0.2, -0.15) is 0 Å². The summed E-state index contributed by atoms with van der Waals surface area (Å²) in [6.45, 7) is 6.79. The van der Waals surface area contributed by atoms with Crippen LogP contribution >= 0.6 is 0 Å². The summed E-state index contributed by atoms with van der Waals surface area (Å²) in [6.07, 6.45) is 2.49. The van der Waals surface area contributed by atoms with Gasteiger partial charge in [-0.1, -0.05) is 51.5 Å².